The molecule has 0 aliphatic heterocycles. The van der Waals surface area contributed by atoms with E-state index in [1.807, 2.05) is 12.1 Å². The third-order valence-corrected chi connectivity index (χ3v) is 4.52. The summed E-state index contributed by atoms with van der Waals surface area (Å²) in [5.74, 6) is 1.57. The number of benzene rings is 2. The molecule has 0 fully saturated rings. The zero-order chi connectivity index (χ0) is 20.8. The van der Waals surface area contributed by atoms with Crippen molar-refractivity contribution in [2.24, 2.45) is 0 Å². The van der Waals surface area contributed by atoms with Gasteiger partial charge in [-0.2, -0.15) is 0 Å². The van der Waals surface area contributed by atoms with Crippen molar-refractivity contribution in [3.63, 3.8) is 0 Å². The van der Waals surface area contributed by atoms with Gasteiger partial charge >= 0.3 is 0 Å². The number of carbonyl (C=O) groups excluding carboxylic acids is 1. The van der Waals surface area contributed by atoms with E-state index < -0.39 is 0 Å². The molecule has 2 aromatic carbocycles. The van der Waals surface area contributed by atoms with Crippen LogP contribution in [0.2, 0.25) is 0 Å². The van der Waals surface area contributed by atoms with E-state index in [9.17, 15) is 4.79 Å². The number of amides is 1. The molecule has 1 heterocycles. The van der Waals surface area contributed by atoms with Gasteiger partial charge in [-0.1, -0.05) is 18.2 Å². The SMILES string of the molecule is COc1ccc(CC(=O)Nc2ccc(Nc3cc(C)ccc3C)cn2)cc1OC. The molecule has 0 unspecified atom stereocenters. The topological polar surface area (TPSA) is 72.5 Å². The van der Waals surface area contributed by atoms with Crippen molar-refractivity contribution < 1.29 is 14.3 Å². The number of nitrogens with zero attached hydrogens (tertiary/aromatic N) is 1. The molecule has 1 aromatic heterocycles. The summed E-state index contributed by atoms with van der Waals surface area (Å²) in [4.78, 5) is 16.7. The molecule has 1 amide bonds. The van der Waals surface area contributed by atoms with E-state index in [1.54, 1.807) is 38.6 Å². The maximum atomic E-state index is 12.4. The fraction of sp³-hybridized carbons (Fsp3) is 0.217. The Labute approximate surface area is 170 Å². The monoisotopic (exact) mass is 391 g/mol. The van der Waals surface area contributed by atoms with Crippen LogP contribution >= 0.6 is 0 Å². The Bertz CT molecular complexity index is 1000. The molecule has 6 heteroatoms. The molecule has 2 N–H and O–H groups in total. The Balaban J connectivity index is 1.62. The normalized spacial score (nSPS) is 10.3. The Morgan fingerprint density at radius 3 is 2.45 bits per heavy atom. The zero-order valence-corrected chi connectivity index (χ0v) is 17.1. The summed E-state index contributed by atoms with van der Waals surface area (Å²) < 4.78 is 10.5. The van der Waals surface area contributed by atoms with Crippen molar-refractivity contribution in [1.82, 2.24) is 4.98 Å². The minimum Gasteiger partial charge on any atom is -0.493 e. The van der Waals surface area contributed by atoms with Crippen LogP contribution in [0.4, 0.5) is 17.2 Å². The summed E-state index contributed by atoms with van der Waals surface area (Å²) in [5, 5.41) is 6.17. The first-order chi connectivity index (χ1) is 14.0. The molecule has 0 atom stereocenters. The largest absolute Gasteiger partial charge is 0.493 e. The van der Waals surface area contributed by atoms with Crippen molar-refractivity contribution in [2.45, 2.75) is 20.3 Å². The van der Waals surface area contributed by atoms with Crippen LogP contribution in [0.15, 0.2) is 54.7 Å². The molecule has 0 spiro atoms. The zero-order valence-electron chi connectivity index (χ0n) is 17.1. The van der Waals surface area contributed by atoms with Crippen molar-refractivity contribution in [3.8, 4) is 11.5 Å². The van der Waals surface area contributed by atoms with Gasteiger partial charge in [-0.15, -0.1) is 0 Å². The molecule has 150 valence electrons. The van der Waals surface area contributed by atoms with Crippen molar-refractivity contribution in [2.75, 3.05) is 24.9 Å². The average molecular weight is 391 g/mol. The lowest BCUT2D eigenvalue weighted by molar-refractivity contribution is -0.115. The van der Waals surface area contributed by atoms with Gasteiger partial charge in [-0.05, 0) is 60.9 Å². The van der Waals surface area contributed by atoms with Gasteiger partial charge in [0.05, 0.1) is 32.5 Å². The van der Waals surface area contributed by atoms with E-state index in [4.69, 9.17) is 9.47 Å². The smallest absolute Gasteiger partial charge is 0.229 e. The van der Waals surface area contributed by atoms with Gasteiger partial charge in [-0.3, -0.25) is 4.79 Å². The molecular formula is C23H25N3O3. The minimum atomic E-state index is -0.153. The van der Waals surface area contributed by atoms with Gasteiger partial charge in [0.2, 0.25) is 5.91 Å². The molecule has 0 saturated heterocycles. The number of aryl methyl sites for hydroxylation is 2. The van der Waals surface area contributed by atoms with Gasteiger partial charge in [0.15, 0.2) is 11.5 Å². The van der Waals surface area contributed by atoms with Crippen LogP contribution in [0.25, 0.3) is 0 Å². The van der Waals surface area contributed by atoms with Crippen LogP contribution in [0.3, 0.4) is 0 Å². The first-order valence-corrected chi connectivity index (χ1v) is 9.29. The van der Waals surface area contributed by atoms with Crippen molar-refractivity contribution >= 4 is 23.1 Å². The number of hydrogen-bond acceptors (Lipinski definition) is 5. The van der Waals surface area contributed by atoms with E-state index in [0.29, 0.717) is 17.3 Å². The predicted octanol–water partition coefficient (Wildman–Crippen LogP) is 4.64. The molecule has 0 aliphatic rings. The molecule has 0 bridgehead atoms. The Morgan fingerprint density at radius 1 is 0.966 bits per heavy atom. The average Bonchev–Trinajstić information content (AvgIpc) is 2.72. The lowest BCUT2D eigenvalue weighted by atomic mass is 10.1. The molecule has 29 heavy (non-hydrogen) atoms. The summed E-state index contributed by atoms with van der Waals surface area (Å²) in [6, 6.07) is 15.3. The van der Waals surface area contributed by atoms with Crippen molar-refractivity contribution in [3.05, 3.63) is 71.4 Å². The first kappa shape index (κ1) is 20.2. The summed E-state index contributed by atoms with van der Waals surface area (Å²) >= 11 is 0. The Morgan fingerprint density at radius 2 is 1.76 bits per heavy atom. The molecular weight excluding hydrogens is 366 g/mol. The minimum absolute atomic E-state index is 0.153. The Kier molecular flexibility index (Phi) is 6.34. The van der Waals surface area contributed by atoms with Crippen LogP contribution in [0.5, 0.6) is 11.5 Å². The number of carbonyl (C=O) groups is 1. The first-order valence-electron chi connectivity index (χ1n) is 9.29. The number of nitrogens with one attached hydrogen (secondary N) is 2. The fourth-order valence-electron chi connectivity index (χ4n) is 2.93. The van der Waals surface area contributed by atoms with Gasteiger partial charge in [-0.25, -0.2) is 4.98 Å². The summed E-state index contributed by atoms with van der Waals surface area (Å²) in [5.41, 5.74) is 5.06. The second kappa shape index (κ2) is 9.10. The second-order valence-electron chi connectivity index (χ2n) is 6.79. The van der Waals surface area contributed by atoms with E-state index in [0.717, 1.165) is 22.5 Å². The highest BCUT2D eigenvalue weighted by Crippen LogP contribution is 2.28. The van der Waals surface area contributed by atoms with Gasteiger partial charge in [0, 0.05) is 5.69 Å². The summed E-state index contributed by atoms with van der Waals surface area (Å²) in [7, 11) is 3.15. The van der Waals surface area contributed by atoms with Crippen molar-refractivity contribution in [1.29, 1.82) is 0 Å². The van der Waals surface area contributed by atoms with E-state index >= 15 is 0 Å². The van der Waals surface area contributed by atoms with Crippen LogP contribution in [0.1, 0.15) is 16.7 Å². The second-order valence-corrected chi connectivity index (χ2v) is 6.79. The van der Waals surface area contributed by atoms with E-state index in [2.05, 4.69) is 47.7 Å². The predicted molar refractivity (Wildman–Crippen MR) is 115 cm³/mol. The van der Waals surface area contributed by atoms with Gasteiger partial charge in [0.25, 0.3) is 0 Å². The molecule has 6 nitrogen and oxygen atoms in total. The third-order valence-electron chi connectivity index (χ3n) is 4.52. The highest BCUT2D eigenvalue weighted by atomic mass is 16.5. The number of aromatic nitrogens is 1. The lowest BCUT2D eigenvalue weighted by Crippen LogP contribution is -2.15. The molecule has 0 radical (unpaired) electrons. The molecule has 3 aromatic rings. The number of hydrogen-bond donors (Lipinski definition) is 2. The Hall–Kier alpha value is -3.54. The standard InChI is InChI=1S/C23H25N3O3/c1-15-5-6-16(2)19(11-15)25-18-8-10-22(24-14-18)26-23(27)13-17-7-9-20(28-3)21(12-17)29-4/h5-12,14,25H,13H2,1-4H3,(H,24,26,27). The summed E-state index contributed by atoms with van der Waals surface area (Å²) in [6.45, 7) is 4.11. The van der Waals surface area contributed by atoms with Crippen LogP contribution in [-0.2, 0) is 11.2 Å². The number of ether oxygens (including phenoxy) is 2. The third kappa shape index (κ3) is 5.25. The highest BCUT2D eigenvalue weighted by molar-refractivity contribution is 5.91. The molecule has 3 rings (SSSR count). The highest BCUT2D eigenvalue weighted by Gasteiger charge is 2.09. The maximum Gasteiger partial charge on any atom is 0.229 e. The molecule has 0 saturated carbocycles. The number of anilines is 3. The van der Waals surface area contributed by atoms with Gasteiger partial charge < -0.3 is 20.1 Å². The molecule has 0 aliphatic carbocycles. The number of rotatable bonds is 7. The van der Waals surface area contributed by atoms with Gasteiger partial charge in [0.1, 0.15) is 5.82 Å². The van der Waals surface area contributed by atoms with Crippen LogP contribution < -0.4 is 20.1 Å². The van der Waals surface area contributed by atoms with Crippen LogP contribution in [0, 0.1) is 13.8 Å². The van der Waals surface area contributed by atoms with E-state index in [1.165, 1.54) is 5.56 Å². The number of methoxy groups -OCH3 is 2. The fourth-order valence-corrected chi connectivity index (χ4v) is 2.93. The quantitative estimate of drug-likeness (QED) is 0.614. The maximum absolute atomic E-state index is 12.4. The lowest BCUT2D eigenvalue weighted by Gasteiger charge is -2.11. The number of pyridine rings is 1. The van der Waals surface area contributed by atoms with E-state index in [-0.39, 0.29) is 12.3 Å². The van der Waals surface area contributed by atoms with Crippen LogP contribution in [-0.4, -0.2) is 25.1 Å². The summed E-state index contributed by atoms with van der Waals surface area (Å²) in [6.07, 6.45) is 1.91.